The quantitative estimate of drug-likeness (QED) is 0.318. The third-order valence-corrected chi connectivity index (χ3v) is 3.72. The van der Waals surface area contributed by atoms with Gasteiger partial charge in [0.2, 0.25) is 0 Å². The molecule has 7 heteroatoms. The molecule has 0 aliphatic heterocycles. The van der Waals surface area contributed by atoms with Crippen molar-refractivity contribution in [3.8, 4) is 6.07 Å². The molecule has 0 rings (SSSR count). The molecule has 0 spiro atoms. The van der Waals surface area contributed by atoms with Crippen molar-refractivity contribution in [2.24, 2.45) is 5.92 Å². The molecule has 0 bridgehead atoms. The molecule has 6 nitrogen and oxygen atoms in total. The molecule has 0 aliphatic carbocycles. The Hall–Kier alpha value is -1.39. The molecule has 0 heterocycles. The van der Waals surface area contributed by atoms with E-state index in [0.29, 0.717) is 13.0 Å². The Labute approximate surface area is 144 Å². The predicted octanol–water partition coefficient (Wildman–Crippen LogP) is 1.83. The fraction of sp³-hybridized carbons (Fsp3) is 0.812. The van der Waals surface area contributed by atoms with Crippen LogP contribution in [0.25, 0.3) is 0 Å². The highest BCUT2D eigenvalue weighted by molar-refractivity contribution is 7.80. The summed E-state index contributed by atoms with van der Waals surface area (Å²) in [6.45, 7) is 6.53. The maximum atomic E-state index is 11.4. The fourth-order valence-corrected chi connectivity index (χ4v) is 2.12. The largest absolute Gasteiger partial charge is 0.465 e. The number of rotatable bonds is 12. The molecule has 0 aromatic carbocycles. The molecule has 0 radical (unpaired) electrons. The van der Waals surface area contributed by atoms with Crippen LogP contribution in [0, 0.1) is 17.2 Å². The van der Waals surface area contributed by atoms with Crippen molar-refractivity contribution >= 4 is 23.3 Å². The summed E-state index contributed by atoms with van der Waals surface area (Å²) in [4.78, 5) is 13.6. The van der Waals surface area contributed by atoms with Crippen LogP contribution in [0.15, 0.2) is 0 Å². The molecule has 2 N–H and O–H groups in total. The normalized spacial score (nSPS) is 11.4. The lowest BCUT2D eigenvalue weighted by Gasteiger charge is -2.25. The Morgan fingerprint density at radius 1 is 1.30 bits per heavy atom. The Bertz CT molecular complexity index is 377. The summed E-state index contributed by atoms with van der Waals surface area (Å²) in [5.41, 5.74) is 0. The summed E-state index contributed by atoms with van der Waals surface area (Å²) in [5, 5.41) is 21.4. The maximum Gasteiger partial charge on any atom is 0.325 e. The Morgan fingerprint density at radius 2 is 1.91 bits per heavy atom. The van der Waals surface area contributed by atoms with Gasteiger partial charge in [0.15, 0.2) is 11.0 Å². The zero-order valence-electron chi connectivity index (χ0n) is 14.2. The zero-order valence-corrected chi connectivity index (χ0v) is 15.0. The van der Waals surface area contributed by atoms with E-state index in [1.165, 1.54) is 0 Å². The predicted molar refractivity (Wildman–Crippen MR) is 93.8 cm³/mol. The number of aliphatic hydroxyl groups excluding tert-OH is 1. The number of unbranched alkanes of at least 4 members (excludes halogenated alkanes) is 2. The van der Waals surface area contributed by atoms with Gasteiger partial charge in [-0.2, -0.15) is 5.26 Å². The van der Waals surface area contributed by atoms with Crippen LogP contribution in [-0.2, 0) is 9.53 Å². The smallest absolute Gasteiger partial charge is 0.325 e. The van der Waals surface area contributed by atoms with E-state index in [1.54, 1.807) is 6.07 Å². The van der Waals surface area contributed by atoms with E-state index in [2.05, 4.69) is 24.1 Å². The Balaban J connectivity index is 3.97. The van der Waals surface area contributed by atoms with Crippen LogP contribution in [0.4, 0.5) is 0 Å². The zero-order chi connectivity index (χ0) is 17.5. The van der Waals surface area contributed by atoms with E-state index in [1.807, 2.05) is 0 Å². The molecule has 0 aromatic rings. The summed E-state index contributed by atoms with van der Waals surface area (Å²) < 4.78 is 4.94. The molecule has 0 aromatic heterocycles. The van der Waals surface area contributed by atoms with E-state index in [0.717, 1.165) is 43.9 Å². The first-order valence-corrected chi connectivity index (χ1v) is 8.71. The summed E-state index contributed by atoms with van der Waals surface area (Å²) >= 11 is 5.41. The van der Waals surface area contributed by atoms with Crippen LogP contribution >= 0.6 is 12.2 Å². The third-order valence-electron chi connectivity index (χ3n) is 3.31. The van der Waals surface area contributed by atoms with Crippen molar-refractivity contribution in [3.63, 3.8) is 0 Å². The number of nitrogens with zero attached hydrogens (tertiary/aromatic N) is 2. The molecular formula is C16H29N3O3S. The van der Waals surface area contributed by atoms with Crippen molar-refractivity contribution in [2.75, 3.05) is 32.8 Å². The molecule has 1 atom stereocenters. The van der Waals surface area contributed by atoms with Gasteiger partial charge < -0.3 is 20.1 Å². The first kappa shape index (κ1) is 21.6. The highest BCUT2D eigenvalue weighted by Gasteiger charge is 2.17. The molecule has 0 fully saturated rings. The van der Waals surface area contributed by atoms with E-state index in [4.69, 9.17) is 27.3 Å². The number of hydrogen-bond donors (Lipinski definition) is 2. The summed E-state index contributed by atoms with van der Waals surface area (Å²) in [5.74, 6) is -1.77. The first-order chi connectivity index (χ1) is 11.1. The average Bonchev–Trinajstić information content (AvgIpc) is 2.55. The van der Waals surface area contributed by atoms with Crippen LogP contribution in [0.2, 0.25) is 0 Å². The van der Waals surface area contributed by atoms with Gasteiger partial charge in [-0.15, -0.1) is 0 Å². The summed E-state index contributed by atoms with van der Waals surface area (Å²) in [6.07, 6.45) is 5.09. The highest BCUT2D eigenvalue weighted by Crippen LogP contribution is 2.01. The molecule has 23 heavy (non-hydrogen) atoms. The van der Waals surface area contributed by atoms with E-state index in [9.17, 15) is 4.79 Å². The van der Waals surface area contributed by atoms with Gasteiger partial charge in [0.1, 0.15) is 0 Å². The monoisotopic (exact) mass is 343 g/mol. The highest BCUT2D eigenvalue weighted by atomic mass is 32.1. The van der Waals surface area contributed by atoms with Gasteiger partial charge in [0, 0.05) is 19.6 Å². The van der Waals surface area contributed by atoms with E-state index >= 15 is 0 Å². The molecule has 0 saturated carbocycles. The van der Waals surface area contributed by atoms with Crippen LogP contribution in [-0.4, -0.2) is 53.9 Å². The summed E-state index contributed by atoms with van der Waals surface area (Å²) in [7, 11) is 0. The molecule has 132 valence electrons. The van der Waals surface area contributed by atoms with Crippen molar-refractivity contribution < 1.29 is 14.6 Å². The van der Waals surface area contributed by atoms with E-state index < -0.39 is 18.5 Å². The van der Waals surface area contributed by atoms with Gasteiger partial charge in [0.25, 0.3) is 0 Å². The average molecular weight is 343 g/mol. The molecule has 1 unspecified atom stereocenters. The van der Waals surface area contributed by atoms with Gasteiger partial charge in [-0.25, -0.2) is 0 Å². The minimum Gasteiger partial charge on any atom is -0.465 e. The molecule has 0 amide bonds. The van der Waals surface area contributed by atoms with Gasteiger partial charge in [-0.05, 0) is 31.5 Å². The number of nitrogens with one attached hydrogen (secondary N) is 1. The minimum atomic E-state index is -1.09. The standard InChI is InChI=1S/C16H29N3O3S/c1-3-5-9-19(10-6-4-2)16(23)18-8-7-11-22-15(21)14(12-17)13-20/h14,20H,3-11,13H2,1-2H3,(H,18,23). The number of aliphatic hydroxyl groups is 1. The van der Waals surface area contributed by atoms with Crippen molar-refractivity contribution in [1.29, 1.82) is 5.26 Å². The van der Waals surface area contributed by atoms with Crippen LogP contribution in [0.5, 0.6) is 0 Å². The SMILES string of the molecule is CCCCN(CCCC)C(=S)NCCCOC(=O)C(C#N)CO. The number of carbonyl (C=O) groups is 1. The van der Waals surface area contributed by atoms with E-state index in [-0.39, 0.29) is 6.61 Å². The maximum absolute atomic E-state index is 11.4. The number of nitriles is 1. The number of carbonyl (C=O) groups excluding carboxylic acids is 1. The lowest BCUT2D eigenvalue weighted by Crippen LogP contribution is -2.41. The van der Waals surface area contributed by atoms with Gasteiger partial charge in [-0.1, -0.05) is 26.7 Å². The van der Waals surface area contributed by atoms with Crippen LogP contribution in [0.1, 0.15) is 46.0 Å². The Kier molecular flexibility index (Phi) is 13.4. The third kappa shape index (κ3) is 10.1. The van der Waals surface area contributed by atoms with Crippen molar-refractivity contribution in [2.45, 2.75) is 46.0 Å². The van der Waals surface area contributed by atoms with Gasteiger partial charge >= 0.3 is 5.97 Å². The number of esters is 1. The number of ether oxygens (including phenoxy) is 1. The van der Waals surface area contributed by atoms with Crippen molar-refractivity contribution in [1.82, 2.24) is 10.2 Å². The van der Waals surface area contributed by atoms with Gasteiger partial charge in [0.05, 0.1) is 19.3 Å². The first-order valence-electron chi connectivity index (χ1n) is 8.30. The molecule has 0 saturated heterocycles. The van der Waals surface area contributed by atoms with Crippen LogP contribution < -0.4 is 5.32 Å². The lowest BCUT2D eigenvalue weighted by molar-refractivity contribution is -0.147. The van der Waals surface area contributed by atoms with Crippen LogP contribution in [0.3, 0.4) is 0 Å². The lowest BCUT2D eigenvalue weighted by atomic mass is 10.2. The second-order valence-corrected chi connectivity index (χ2v) is 5.70. The second kappa shape index (κ2) is 14.2. The van der Waals surface area contributed by atoms with Gasteiger partial charge in [-0.3, -0.25) is 4.79 Å². The molecular weight excluding hydrogens is 314 g/mol. The second-order valence-electron chi connectivity index (χ2n) is 5.31. The summed E-state index contributed by atoms with van der Waals surface area (Å²) in [6, 6.07) is 1.70. The fourth-order valence-electron chi connectivity index (χ4n) is 1.83. The number of thiocarbonyl (C=S) groups is 1. The Morgan fingerprint density at radius 3 is 2.39 bits per heavy atom. The van der Waals surface area contributed by atoms with Crippen molar-refractivity contribution in [3.05, 3.63) is 0 Å². The topological polar surface area (TPSA) is 85.6 Å². The number of hydrogen-bond acceptors (Lipinski definition) is 5. The minimum absolute atomic E-state index is 0.205. The molecule has 0 aliphatic rings.